The molecule has 130 valence electrons. The normalized spacial score (nSPS) is 30.6. The van der Waals surface area contributed by atoms with Gasteiger partial charge in [-0.2, -0.15) is 9.97 Å². The zero-order chi connectivity index (χ0) is 17.3. The molecule has 2 aromatic heterocycles. The minimum atomic E-state index is -2.60. The summed E-state index contributed by atoms with van der Waals surface area (Å²) in [6.07, 6.45) is 2.05. The maximum absolute atomic E-state index is 14.9. The van der Waals surface area contributed by atoms with E-state index in [0.717, 1.165) is 19.8 Å². The van der Waals surface area contributed by atoms with Crippen molar-refractivity contribution in [3.63, 3.8) is 0 Å². The van der Waals surface area contributed by atoms with Gasteiger partial charge in [0.05, 0.1) is 6.33 Å². The lowest BCUT2D eigenvalue weighted by molar-refractivity contribution is -0.224. The van der Waals surface area contributed by atoms with Crippen LogP contribution in [0.4, 0.5) is 16.2 Å². The van der Waals surface area contributed by atoms with Crippen LogP contribution in [0.25, 0.3) is 11.2 Å². The third-order valence-electron chi connectivity index (χ3n) is 4.80. The van der Waals surface area contributed by atoms with E-state index in [1.807, 2.05) is 0 Å². The second kappa shape index (κ2) is 4.52. The number of nitrogen functional groups attached to an aromatic ring is 1. The largest absolute Gasteiger partial charge is 0.368 e. The van der Waals surface area contributed by atoms with Crippen molar-refractivity contribution in [2.75, 3.05) is 17.7 Å². The predicted molar refractivity (Wildman–Crippen MR) is 82.7 cm³/mol. The van der Waals surface area contributed by atoms with Crippen molar-refractivity contribution in [1.82, 2.24) is 19.5 Å². The van der Waals surface area contributed by atoms with Gasteiger partial charge < -0.3 is 26.0 Å². The summed E-state index contributed by atoms with van der Waals surface area (Å²) in [6, 6.07) is 0. The summed E-state index contributed by atoms with van der Waals surface area (Å²) in [6.45, 7) is 2.55. The lowest BCUT2D eigenvalue weighted by atomic mass is 9.99. The molecule has 2 unspecified atom stereocenters. The Morgan fingerprint density at radius 3 is 2.67 bits per heavy atom. The molecule has 0 aromatic carbocycles. The Kier molecular flexibility index (Phi) is 2.92. The number of nitrogens with zero attached hydrogens (tertiary/aromatic N) is 4. The van der Waals surface area contributed by atoms with Crippen molar-refractivity contribution < 1.29 is 19.3 Å². The Labute approximate surface area is 136 Å². The highest BCUT2D eigenvalue weighted by atomic mass is 19.1. The molecule has 2 atom stereocenters. The number of aromatic nitrogens is 4. The van der Waals surface area contributed by atoms with Crippen LogP contribution in [-0.4, -0.2) is 53.3 Å². The fraction of sp³-hybridized carbons (Fsp3) is 0.643. The van der Waals surface area contributed by atoms with E-state index in [0.29, 0.717) is 11.3 Å². The molecule has 2 aromatic rings. The lowest BCUT2D eigenvalue weighted by Crippen LogP contribution is -2.49. The summed E-state index contributed by atoms with van der Waals surface area (Å²) in [7, 11) is 0. The smallest absolute Gasteiger partial charge is 0.226 e. The summed E-state index contributed by atoms with van der Waals surface area (Å²) in [4.78, 5) is 12.5. The zero-order valence-corrected chi connectivity index (χ0v) is 13.3. The van der Waals surface area contributed by atoms with E-state index in [1.165, 1.54) is 10.9 Å². The Balaban J connectivity index is 1.81. The van der Waals surface area contributed by atoms with Crippen LogP contribution in [0, 0.1) is 0 Å². The van der Waals surface area contributed by atoms with Crippen LogP contribution >= 0.6 is 0 Å². The number of aliphatic hydroxyl groups is 2. The van der Waals surface area contributed by atoms with Crippen molar-refractivity contribution in [1.29, 1.82) is 0 Å². The first-order valence-electron chi connectivity index (χ1n) is 7.66. The fourth-order valence-corrected chi connectivity index (χ4v) is 2.82. The summed E-state index contributed by atoms with van der Waals surface area (Å²) in [5.41, 5.74) is 3.96. The highest BCUT2D eigenvalue weighted by Crippen LogP contribution is 2.44. The van der Waals surface area contributed by atoms with Gasteiger partial charge in [0.15, 0.2) is 23.2 Å². The molecule has 2 fully saturated rings. The van der Waals surface area contributed by atoms with Crippen LogP contribution in [0.15, 0.2) is 6.33 Å². The van der Waals surface area contributed by atoms with Crippen LogP contribution in [0.1, 0.15) is 32.9 Å². The minimum absolute atomic E-state index is 0.00817. The first-order chi connectivity index (χ1) is 11.1. The molecular formula is C14H19FN6O3. The average molecular weight is 338 g/mol. The van der Waals surface area contributed by atoms with Gasteiger partial charge in [-0.15, -0.1) is 0 Å². The van der Waals surface area contributed by atoms with Gasteiger partial charge in [-0.1, -0.05) is 0 Å². The summed E-state index contributed by atoms with van der Waals surface area (Å²) < 4.78 is 21.4. The molecule has 1 saturated heterocycles. The van der Waals surface area contributed by atoms with Crippen molar-refractivity contribution in [3.05, 3.63) is 6.33 Å². The molecule has 0 bridgehead atoms. The maximum Gasteiger partial charge on any atom is 0.226 e. The molecule has 1 aliphatic carbocycles. The minimum Gasteiger partial charge on any atom is -0.368 e. The average Bonchev–Trinajstić information content (AvgIpc) is 2.97. The number of nitrogens with one attached hydrogen (secondary N) is 1. The lowest BCUT2D eigenvalue weighted by Gasteiger charge is -2.29. The van der Waals surface area contributed by atoms with E-state index < -0.39 is 24.3 Å². The number of hydrogen-bond acceptors (Lipinski definition) is 8. The first-order valence-corrected chi connectivity index (χ1v) is 7.66. The van der Waals surface area contributed by atoms with Crippen LogP contribution < -0.4 is 11.1 Å². The summed E-state index contributed by atoms with van der Waals surface area (Å²) in [5.74, 6) is -2.13. The standard InChI is InChI=1S/C14H19FN6O3/c1-12(3-4-12)20-8-7-9(19-11(16)18-8)21(6-17-7)10-13(2,15)14(22,23)5-24-10/h6,10,22-23H,3-5H2,1-2H3,(H3,16,18,19,20). The number of ether oxygens (including phenoxy) is 1. The Bertz CT molecular complexity index is 816. The second-order valence-corrected chi connectivity index (χ2v) is 7.00. The molecule has 0 radical (unpaired) electrons. The molecule has 5 N–H and O–H groups in total. The molecular weight excluding hydrogens is 319 g/mol. The maximum atomic E-state index is 14.9. The summed E-state index contributed by atoms with van der Waals surface area (Å²) >= 11 is 0. The van der Waals surface area contributed by atoms with E-state index in [9.17, 15) is 14.6 Å². The van der Waals surface area contributed by atoms with E-state index in [4.69, 9.17) is 10.5 Å². The molecule has 10 heteroatoms. The van der Waals surface area contributed by atoms with E-state index in [2.05, 4.69) is 27.2 Å². The molecule has 3 heterocycles. The van der Waals surface area contributed by atoms with Crippen molar-refractivity contribution in [2.45, 2.75) is 49.9 Å². The highest BCUT2D eigenvalue weighted by Gasteiger charge is 2.60. The van der Waals surface area contributed by atoms with E-state index in [1.54, 1.807) is 0 Å². The van der Waals surface area contributed by atoms with Crippen molar-refractivity contribution in [3.8, 4) is 0 Å². The SMILES string of the molecule is CC1(Nc2nc(N)nc3c2ncn3C2OCC(O)(O)C2(C)F)CC1. The number of halogens is 1. The van der Waals surface area contributed by atoms with Gasteiger partial charge in [-0.05, 0) is 26.7 Å². The number of hydrogen-bond donors (Lipinski definition) is 4. The third kappa shape index (κ3) is 2.14. The Hall–Kier alpha value is -2.04. The van der Waals surface area contributed by atoms with Crippen LogP contribution in [-0.2, 0) is 4.74 Å². The fourth-order valence-electron chi connectivity index (χ4n) is 2.82. The van der Waals surface area contributed by atoms with Gasteiger partial charge in [0.2, 0.25) is 17.4 Å². The number of rotatable bonds is 3. The van der Waals surface area contributed by atoms with Crippen LogP contribution in [0.2, 0.25) is 0 Å². The number of imidazole rings is 1. The van der Waals surface area contributed by atoms with Gasteiger partial charge in [-0.3, -0.25) is 4.57 Å². The first kappa shape index (κ1) is 15.5. The van der Waals surface area contributed by atoms with E-state index >= 15 is 0 Å². The van der Waals surface area contributed by atoms with Gasteiger partial charge >= 0.3 is 0 Å². The molecule has 1 aliphatic heterocycles. The van der Waals surface area contributed by atoms with Gasteiger partial charge in [0, 0.05) is 5.54 Å². The number of fused-ring (bicyclic) bond motifs is 1. The van der Waals surface area contributed by atoms with E-state index in [-0.39, 0.29) is 17.1 Å². The molecule has 4 rings (SSSR count). The van der Waals surface area contributed by atoms with Crippen molar-refractivity contribution in [2.24, 2.45) is 0 Å². The predicted octanol–water partition coefficient (Wildman–Crippen LogP) is 0.311. The van der Waals surface area contributed by atoms with Gasteiger partial charge in [0.25, 0.3) is 0 Å². The molecule has 2 aliphatic rings. The van der Waals surface area contributed by atoms with Gasteiger partial charge in [0.1, 0.15) is 6.61 Å². The Morgan fingerprint density at radius 1 is 1.38 bits per heavy atom. The number of alkyl halides is 1. The monoisotopic (exact) mass is 338 g/mol. The number of anilines is 2. The molecule has 0 spiro atoms. The van der Waals surface area contributed by atoms with Crippen molar-refractivity contribution >= 4 is 22.9 Å². The highest BCUT2D eigenvalue weighted by molar-refractivity contribution is 5.84. The Morgan fingerprint density at radius 2 is 2.08 bits per heavy atom. The molecule has 0 amide bonds. The molecule has 1 saturated carbocycles. The third-order valence-corrected chi connectivity index (χ3v) is 4.80. The summed E-state index contributed by atoms with van der Waals surface area (Å²) in [5, 5.41) is 22.8. The quantitative estimate of drug-likeness (QED) is 0.588. The second-order valence-electron chi connectivity index (χ2n) is 7.00. The van der Waals surface area contributed by atoms with Gasteiger partial charge in [-0.25, -0.2) is 9.37 Å². The zero-order valence-electron chi connectivity index (χ0n) is 13.3. The molecule has 9 nitrogen and oxygen atoms in total. The number of nitrogens with two attached hydrogens (primary N) is 1. The van der Waals surface area contributed by atoms with Crippen LogP contribution in [0.3, 0.4) is 0 Å². The molecule has 24 heavy (non-hydrogen) atoms. The topological polar surface area (TPSA) is 131 Å². The van der Waals surface area contributed by atoms with Crippen LogP contribution in [0.5, 0.6) is 0 Å².